The summed E-state index contributed by atoms with van der Waals surface area (Å²) in [5.74, 6) is -0.0866. The number of carbonyl (C=O) groups is 1. The van der Waals surface area contributed by atoms with Gasteiger partial charge in [0, 0.05) is 49.2 Å². The zero-order valence-electron chi connectivity index (χ0n) is 21.0. The van der Waals surface area contributed by atoms with Crippen molar-refractivity contribution in [2.24, 2.45) is 5.73 Å². The van der Waals surface area contributed by atoms with Crippen molar-refractivity contribution in [2.45, 2.75) is 18.6 Å². The fourth-order valence-corrected chi connectivity index (χ4v) is 4.87. The Hall–Kier alpha value is -3.68. The molecule has 0 bridgehead atoms. The molecule has 4 rings (SSSR count). The molecule has 0 aliphatic carbocycles. The van der Waals surface area contributed by atoms with Crippen LogP contribution in [0.25, 0.3) is 0 Å². The lowest BCUT2D eigenvalue weighted by molar-refractivity contribution is 0.00998. The Morgan fingerprint density at radius 3 is 2.68 bits per heavy atom. The summed E-state index contributed by atoms with van der Waals surface area (Å²) in [7, 11) is 0. The predicted molar refractivity (Wildman–Crippen MR) is 144 cm³/mol. The maximum Gasteiger partial charge on any atom is 0.250 e. The number of benzene rings is 2. The van der Waals surface area contributed by atoms with Crippen molar-refractivity contribution in [3.63, 3.8) is 0 Å². The van der Waals surface area contributed by atoms with E-state index in [0.717, 1.165) is 11.3 Å². The van der Waals surface area contributed by atoms with Crippen LogP contribution in [-0.2, 0) is 5.60 Å². The van der Waals surface area contributed by atoms with Gasteiger partial charge in [-0.1, -0.05) is 23.7 Å². The minimum absolute atomic E-state index is 0.114. The van der Waals surface area contributed by atoms with Crippen LogP contribution in [0, 0.1) is 11.3 Å². The normalized spacial score (nSPS) is 17.4. The van der Waals surface area contributed by atoms with Crippen molar-refractivity contribution >= 4 is 23.2 Å². The summed E-state index contributed by atoms with van der Waals surface area (Å²) in [6.45, 7) is 3.80. The topological polar surface area (TPSA) is 136 Å². The summed E-state index contributed by atoms with van der Waals surface area (Å²) in [6.07, 6.45) is 2.92. The molecule has 2 aromatic carbocycles. The molecule has 1 saturated heterocycles. The van der Waals surface area contributed by atoms with Crippen LogP contribution in [0.2, 0.25) is 5.02 Å². The number of aromatic nitrogens is 1. The first-order chi connectivity index (χ1) is 18.2. The molecular weight excluding hydrogens is 506 g/mol. The van der Waals surface area contributed by atoms with Gasteiger partial charge in [0.1, 0.15) is 24.0 Å². The molecule has 9 nitrogen and oxygen atoms in total. The number of ether oxygens (including phenoxy) is 1. The number of nitrogens with two attached hydrogens (primary N) is 1. The molecule has 4 N–H and O–H groups in total. The maximum absolute atomic E-state index is 11.6. The number of aliphatic hydroxyl groups is 2. The lowest BCUT2D eigenvalue weighted by Crippen LogP contribution is -2.52. The molecule has 0 spiro atoms. The molecule has 3 aromatic rings. The highest BCUT2D eigenvalue weighted by Crippen LogP contribution is 2.36. The summed E-state index contributed by atoms with van der Waals surface area (Å²) in [4.78, 5) is 20.0. The van der Waals surface area contributed by atoms with Crippen LogP contribution < -0.4 is 15.4 Å². The minimum atomic E-state index is -1.28. The Morgan fingerprint density at radius 1 is 1.24 bits per heavy atom. The Balaban J connectivity index is 1.62. The van der Waals surface area contributed by atoms with Gasteiger partial charge >= 0.3 is 0 Å². The van der Waals surface area contributed by atoms with E-state index in [1.165, 1.54) is 6.20 Å². The van der Waals surface area contributed by atoms with Gasteiger partial charge in [-0.15, -0.1) is 0 Å². The van der Waals surface area contributed by atoms with Gasteiger partial charge in [-0.3, -0.25) is 14.7 Å². The van der Waals surface area contributed by atoms with Crippen molar-refractivity contribution in [1.82, 2.24) is 9.88 Å². The van der Waals surface area contributed by atoms with Crippen LogP contribution in [0.5, 0.6) is 5.75 Å². The van der Waals surface area contributed by atoms with Crippen molar-refractivity contribution < 1.29 is 19.7 Å². The molecule has 38 heavy (non-hydrogen) atoms. The van der Waals surface area contributed by atoms with E-state index in [1.807, 2.05) is 30.3 Å². The maximum atomic E-state index is 11.6. The van der Waals surface area contributed by atoms with Gasteiger partial charge < -0.3 is 25.6 Å². The highest BCUT2D eigenvalue weighted by atomic mass is 35.5. The van der Waals surface area contributed by atoms with E-state index in [2.05, 4.69) is 20.9 Å². The Kier molecular flexibility index (Phi) is 8.49. The number of nitriles is 1. The van der Waals surface area contributed by atoms with Crippen molar-refractivity contribution in [1.29, 1.82) is 5.26 Å². The van der Waals surface area contributed by atoms with Gasteiger partial charge in [0.25, 0.3) is 0 Å². The third-order valence-corrected chi connectivity index (χ3v) is 6.91. The van der Waals surface area contributed by atoms with Crippen molar-refractivity contribution in [2.75, 3.05) is 44.3 Å². The van der Waals surface area contributed by atoms with Gasteiger partial charge in [-0.25, -0.2) is 0 Å². The zero-order valence-corrected chi connectivity index (χ0v) is 21.8. The standard InChI is InChI=1S/C28H30ClN5O4/c1-28(37,22-12-21(27(31)36)15-32-16-22)18-33-8-9-34(26(17-33)19-2-4-23(29)5-3-19)25-7-6-24(38-11-10-35)13-20(25)14-30/h2-7,12-13,15-16,26,35,37H,8-11,17-18H2,1H3,(H2,31,36)/t26-,28+/m0/s1. The average Bonchev–Trinajstić information content (AvgIpc) is 2.92. The molecule has 0 radical (unpaired) electrons. The summed E-state index contributed by atoms with van der Waals surface area (Å²) in [5.41, 5.74) is 7.12. The van der Waals surface area contributed by atoms with Gasteiger partial charge in [-0.2, -0.15) is 5.26 Å². The van der Waals surface area contributed by atoms with E-state index >= 15 is 0 Å². The Labute approximate surface area is 226 Å². The predicted octanol–water partition coefficient (Wildman–Crippen LogP) is 2.85. The number of halogens is 1. The summed E-state index contributed by atoms with van der Waals surface area (Å²) in [6, 6.07) is 16.6. The number of amides is 1. The second kappa shape index (κ2) is 11.8. The van der Waals surface area contributed by atoms with Gasteiger partial charge in [-0.05, 0) is 48.9 Å². The molecule has 0 unspecified atom stereocenters. The number of aliphatic hydroxyl groups excluding tert-OH is 1. The molecule has 10 heteroatoms. The SMILES string of the molecule is C[C@@](O)(CN1CCN(c2ccc(OCCO)cc2C#N)[C@H](c2ccc(Cl)cc2)C1)c1cncc(C(N)=O)c1. The number of rotatable bonds is 9. The first kappa shape index (κ1) is 27.4. The number of primary amides is 1. The molecule has 1 aliphatic heterocycles. The highest BCUT2D eigenvalue weighted by Gasteiger charge is 2.34. The van der Waals surface area contributed by atoms with E-state index in [1.54, 1.807) is 31.3 Å². The number of piperazine rings is 1. The second-order valence-corrected chi connectivity index (χ2v) is 9.90. The third kappa shape index (κ3) is 6.23. The fraction of sp³-hybridized carbons (Fsp3) is 0.321. The number of carbonyl (C=O) groups excluding carboxylic acids is 1. The Morgan fingerprint density at radius 2 is 2.00 bits per heavy atom. The largest absolute Gasteiger partial charge is 0.491 e. The number of anilines is 1. The molecule has 1 aliphatic rings. The van der Waals surface area contributed by atoms with Crippen LogP contribution >= 0.6 is 11.6 Å². The molecule has 1 fully saturated rings. The van der Waals surface area contributed by atoms with E-state index in [9.17, 15) is 15.2 Å². The van der Waals surface area contributed by atoms with Gasteiger partial charge in [0.2, 0.25) is 5.91 Å². The Bertz CT molecular complexity index is 1330. The first-order valence-corrected chi connectivity index (χ1v) is 12.6. The van der Waals surface area contributed by atoms with Gasteiger partial charge in [0.05, 0.1) is 29.5 Å². The monoisotopic (exact) mass is 535 g/mol. The highest BCUT2D eigenvalue weighted by molar-refractivity contribution is 6.30. The smallest absolute Gasteiger partial charge is 0.250 e. The number of β-amino-alcohol motifs (C(OH)–C–C–N with tert-alkyl or cyclic N) is 1. The van der Waals surface area contributed by atoms with E-state index in [-0.39, 0.29) is 24.8 Å². The van der Waals surface area contributed by atoms with Crippen LogP contribution in [-0.4, -0.2) is 65.4 Å². The molecule has 0 saturated carbocycles. The zero-order chi connectivity index (χ0) is 27.3. The molecular formula is C28H30ClN5O4. The van der Waals surface area contributed by atoms with E-state index < -0.39 is 11.5 Å². The molecule has 2 heterocycles. The summed E-state index contributed by atoms with van der Waals surface area (Å²) < 4.78 is 5.50. The number of nitrogens with zero attached hydrogens (tertiary/aromatic N) is 4. The van der Waals surface area contributed by atoms with Crippen molar-refractivity contribution in [3.8, 4) is 11.8 Å². The number of hydrogen-bond acceptors (Lipinski definition) is 8. The molecule has 1 aromatic heterocycles. The summed E-state index contributed by atoms with van der Waals surface area (Å²) >= 11 is 6.16. The lowest BCUT2D eigenvalue weighted by Gasteiger charge is -2.45. The van der Waals surface area contributed by atoms with Crippen LogP contribution in [0.1, 0.15) is 40.0 Å². The average molecular weight is 536 g/mol. The molecule has 1 amide bonds. The molecule has 2 atom stereocenters. The first-order valence-electron chi connectivity index (χ1n) is 12.2. The van der Waals surface area contributed by atoms with Crippen molar-refractivity contribution in [3.05, 3.63) is 88.2 Å². The van der Waals surface area contributed by atoms with Crippen LogP contribution in [0.15, 0.2) is 60.9 Å². The molecule has 198 valence electrons. The summed E-state index contributed by atoms with van der Waals surface area (Å²) in [5, 5.41) is 30.9. The lowest BCUT2D eigenvalue weighted by atomic mass is 9.94. The van der Waals surface area contributed by atoms with E-state index in [4.69, 9.17) is 27.2 Å². The van der Waals surface area contributed by atoms with Gasteiger partial charge in [0.15, 0.2) is 0 Å². The minimum Gasteiger partial charge on any atom is -0.491 e. The van der Waals surface area contributed by atoms with E-state index in [0.29, 0.717) is 48.1 Å². The van der Waals surface area contributed by atoms with Crippen LogP contribution in [0.4, 0.5) is 5.69 Å². The number of pyridine rings is 1. The fourth-order valence-electron chi connectivity index (χ4n) is 4.75. The third-order valence-electron chi connectivity index (χ3n) is 6.65. The number of hydrogen-bond donors (Lipinski definition) is 3. The van der Waals surface area contributed by atoms with Crippen LogP contribution in [0.3, 0.4) is 0 Å². The second-order valence-electron chi connectivity index (χ2n) is 9.46. The quantitative estimate of drug-likeness (QED) is 0.380.